The first-order valence-corrected chi connectivity index (χ1v) is 3.01. The number of nitrogens with one attached hydrogen (secondary N) is 1. The summed E-state index contributed by atoms with van der Waals surface area (Å²) in [6, 6.07) is 3.01. The van der Waals surface area contributed by atoms with Crippen molar-refractivity contribution in [2.45, 2.75) is 6.54 Å². The smallest absolute Gasteiger partial charge is 0.310 e. The van der Waals surface area contributed by atoms with Gasteiger partial charge in [0.15, 0.2) is 5.76 Å². The van der Waals surface area contributed by atoms with Crippen molar-refractivity contribution in [1.29, 1.82) is 0 Å². The van der Waals surface area contributed by atoms with E-state index in [0.29, 0.717) is 5.76 Å². The highest BCUT2D eigenvalue weighted by Gasteiger charge is 2.08. The monoisotopic (exact) mass is 156 g/mol. The molecule has 1 rings (SSSR count). The first-order valence-electron chi connectivity index (χ1n) is 3.01. The van der Waals surface area contributed by atoms with Crippen molar-refractivity contribution < 1.29 is 14.4 Å². The van der Waals surface area contributed by atoms with E-state index in [2.05, 4.69) is 0 Å². The Bertz CT molecular complexity index is 256. The number of nitrogens with two attached hydrogens (primary N) is 1. The largest absolute Gasteiger partial charge is 0.454 e. The maximum Gasteiger partial charge on any atom is 0.310 e. The van der Waals surface area contributed by atoms with Gasteiger partial charge in [0.05, 0.1) is 6.54 Å². The number of carbonyl (C=O) groups is 1. The lowest BCUT2D eigenvalue weighted by Crippen LogP contribution is -2.17. The van der Waals surface area contributed by atoms with E-state index in [-0.39, 0.29) is 12.3 Å². The molecule has 0 aromatic carbocycles. The van der Waals surface area contributed by atoms with Crippen LogP contribution >= 0.6 is 0 Å². The minimum Gasteiger partial charge on any atom is -0.454 e. The second kappa shape index (κ2) is 3.18. The summed E-state index contributed by atoms with van der Waals surface area (Å²) in [6.45, 7) is 0.235. The summed E-state index contributed by atoms with van der Waals surface area (Å²) in [4.78, 5) is 10.6. The Kier molecular flexibility index (Phi) is 2.25. The van der Waals surface area contributed by atoms with Gasteiger partial charge < -0.3 is 10.2 Å². The van der Waals surface area contributed by atoms with Gasteiger partial charge in [-0.05, 0) is 12.1 Å². The Morgan fingerprint density at radius 3 is 2.91 bits per heavy atom. The molecule has 1 aromatic rings. The summed E-state index contributed by atoms with van der Waals surface area (Å²) < 4.78 is 4.89. The molecule has 5 nitrogen and oxygen atoms in total. The molecular formula is C6H8N2O3. The minimum atomic E-state index is -0.676. The topological polar surface area (TPSA) is 88.5 Å². The highest BCUT2D eigenvalue weighted by molar-refractivity contribution is 5.90. The van der Waals surface area contributed by atoms with Gasteiger partial charge in [-0.2, -0.15) is 0 Å². The van der Waals surface area contributed by atoms with Crippen LogP contribution in [0.2, 0.25) is 0 Å². The molecule has 1 heterocycles. The van der Waals surface area contributed by atoms with Crippen LogP contribution in [0.3, 0.4) is 0 Å². The van der Waals surface area contributed by atoms with E-state index in [1.54, 1.807) is 6.07 Å². The van der Waals surface area contributed by atoms with Gasteiger partial charge >= 0.3 is 5.91 Å². The van der Waals surface area contributed by atoms with Gasteiger partial charge in [-0.3, -0.25) is 10.0 Å². The number of hydrogen-bond acceptors (Lipinski definition) is 4. The molecule has 0 saturated carbocycles. The van der Waals surface area contributed by atoms with Crippen LogP contribution in [0.5, 0.6) is 0 Å². The van der Waals surface area contributed by atoms with Gasteiger partial charge in [0.2, 0.25) is 0 Å². The van der Waals surface area contributed by atoms with Crippen molar-refractivity contribution in [2.75, 3.05) is 0 Å². The fraction of sp³-hybridized carbons (Fsp3) is 0.167. The molecule has 5 heteroatoms. The predicted molar refractivity (Wildman–Crippen MR) is 35.9 cm³/mol. The molecule has 0 spiro atoms. The SMILES string of the molecule is NCc1ccc(C(=O)NO)o1. The van der Waals surface area contributed by atoms with E-state index in [9.17, 15) is 4.79 Å². The van der Waals surface area contributed by atoms with Crippen molar-refractivity contribution in [3.05, 3.63) is 23.7 Å². The highest BCUT2D eigenvalue weighted by atomic mass is 16.5. The molecule has 0 saturated heterocycles. The summed E-state index contributed by atoms with van der Waals surface area (Å²) >= 11 is 0. The average Bonchev–Trinajstić information content (AvgIpc) is 2.50. The van der Waals surface area contributed by atoms with Crippen LogP contribution in [0, 0.1) is 0 Å². The molecule has 11 heavy (non-hydrogen) atoms. The molecular weight excluding hydrogens is 148 g/mol. The average molecular weight is 156 g/mol. The molecule has 1 amide bonds. The third-order valence-electron chi connectivity index (χ3n) is 1.19. The van der Waals surface area contributed by atoms with Crippen LogP contribution in [-0.2, 0) is 6.54 Å². The number of carbonyl (C=O) groups excluding carboxylic acids is 1. The van der Waals surface area contributed by atoms with Crippen molar-refractivity contribution in [2.24, 2.45) is 5.73 Å². The van der Waals surface area contributed by atoms with Gasteiger partial charge in [0.1, 0.15) is 5.76 Å². The van der Waals surface area contributed by atoms with Gasteiger partial charge in [-0.25, -0.2) is 5.48 Å². The molecule has 0 fully saturated rings. The van der Waals surface area contributed by atoms with E-state index in [1.807, 2.05) is 0 Å². The summed E-state index contributed by atoms with van der Waals surface area (Å²) in [5.41, 5.74) is 6.66. The van der Waals surface area contributed by atoms with Crippen molar-refractivity contribution in [3.8, 4) is 0 Å². The maximum absolute atomic E-state index is 10.6. The summed E-state index contributed by atoms with van der Waals surface area (Å²) in [6.07, 6.45) is 0. The summed E-state index contributed by atoms with van der Waals surface area (Å²) in [5, 5.41) is 8.18. The minimum absolute atomic E-state index is 0.0490. The predicted octanol–water partition coefficient (Wildman–Crippen LogP) is -0.143. The first-order chi connectivity index (χ1) is 5.27. The molecule has 0 aliphatic rings. The van der Waals surface area contributed by atoms with Crippen molar-refractivity contribution >= 4 is 5.91 Å². The Morgan fingerprint density at radius 1 is 1.73 bits per heavy atom. The maximum atomic E-state index is 10.6. The van der Waals surface area contributed by atoms with Crippen LogP contribution in [0.1, 0.15) is 16.3 Å². The van der Waals surface area contributed by atoms with E-state index in [1.165, 1.54) is 11.5 Å². The molecule has 1 aromatic heterocycles. The van der Waals surface area contributed by atoms with E-state index < -0.39 is 5.91 Å². The fourth-order valence-electron chi connectivity index (χ4n) is 0.665. The number of hydrogen-bond donors (Lipinski definition) is 3. The highest BCUT2D eigenvalue weighted by Crippen LogP contribution is 2.05. The van der Waals surface area contributed by atoms with Gasteiger partial charge in [-0.1, -0.05) is 0 Å². The number of furan rings is 1. The zero-order valence-electron chi connectivity index (χ0n) is 5.70. The van der Waals surface area contributed by atoms with E-state index in [0.717, 1.165) is 0 Å². The molecule has 60 valence electrons. The Morgan fingerprint density at radius 2 is 2.45 bits per heavy atom. The first kappa shape index (κ1) is 7.77. The van der Waals surface area contributed by atoms with Crippen LogP contribution in [0.15, 0.2) is 16.5 Å². The van der Waals surface area contributed by atoms with Gasteiger partial charge in [0.25, 0.3) is 0 Å². The molecule has 0 atom stereocenters. The lowest BCUT2D eigenvalue weighted by molar-refractivity contribution is 0.0674. The number of rotatable bonds is 2. The van der Waals surface area contributed by atoms with Crippen molar-refractivity contribution in [1.82, 2.24) is 5.48 Å². The Balaban J connectivity index is 2.80. The molecule has 0 aliphatic heterocycles. The van der Waals surface area contributed by atoms with Crippen molar-refractivity contribution in [3.63, 3.8) is 0 Å². The summed E-state index contributed by atoms with van der Waals surface area (Å²) in [7, 11) is 0. The zero-order chi connectivity index (χ0) is 8.27. The lowest BCUT2D eigenvalue weighted by Gasteiger charge is -1.91. The summed E-state index contributed by atoms with van der Waals surface area (Å²) in [5.74, 6) is -0.124. The third-order valence-corrected chi connectivity index (χ3v) is 1.19. The molecule has 0 unspecified atom stereocenters. The fourth-order valence-corrected chi connectivity index (χ4v) is 0.665. The zero-order valence-corrected chi connectivity index (χ0v) is 5.70. The molecule has 0 bridgehead atoms. The van der Waals surface area contributed by atoms with Crippen LogP contribution in [0.25, 0.3) is 0 Å². The quantitative estimate of drug-likeness (QED) is 0.410. The second-order valence-corrected chi connectivity index (χ2v) is 1.91. The second-order valence-electron chi connectivity index (χ2n) is 1.91. The lowest BCUT2D eigenvalue weighted by atomic mass is 10.4. The molecule has 4 N–H and O–H groups in total. The molecule has 0 aliphatic carbocycles. The molecule has 0 radical (unpaired) electrons. The van der Waals surface area contributed by atoms with E-state index >= 15 is 0 Å². The van der Waals surface area contributed by atoms with Gasteiger partial charge in [0, 0.05) is 0 Å². The van der Waals surface area contributed by atoms with Crippen LogP contribution < -0.4 is 11.2 Å². The Labute approximate surface area is 62.8 Å². The number of hydroxylamine groups is 1. The standard InChI is InChI=1S/C6H8N2O3/c7-3-4-1-2-5(11-4)6(9)8-10/h1-2,10H,3,7H2,(H,8,9). The van der Waals surface area contributed by atoms with Crippen LogP contribution in [-0.4, -0.2) is 11.1 Å². The van der Waals surface area contributed by atoms with E-state index in [4.69, 9.17) is 15.4 Å². The third kappa shape index (κ3) is 1.57. The Hall–Kier alpha value is -1.33. The normalized spacial score (nSPS) is 9.64. The van der Waals surface area contributed by atoms with Crippen LogP contribution in [0.4, 0.5) is 0 Å². The van der Waals surface area contributed by atoms with Gasteiger partial charge in [-0.15, -0.1) is 0 Å². The number of amides is 1.